The second-order valence-electron chi connectivity index (χ2n) is 3.80. The Bertz CT molecular complexity index is 583. The average Bonchev–Trinajstić information content (AvgIpc) is 2.89. The van der Waals surface area contributed by atoms with Crippen LogP contribution in [0.5, 0.6) is 0 Å². The molecule has 0 amide bonds. The molecule has 4 heteroatoms. The summed E-state index contributed by atoms with van der Waals surface area (Å²) in [6.45, 7) is 2.04. The highest BCUT2D eigenvalue weighted by molar-refractivity contribution is 7.14. The van der Waals surface area contributed by atoms with Gasteiger partial charge in [0.05, 0.1) is 16.6 Å². The van der Waals surface area contributed by atoms with Gasteiger partial charge in [-0.3, -0.25) is 9.78 Å². The van der Waals surface area contributed by atoms with E-state index in [9.17, 15) is 4.79 Å². The van der Waals surface area contributed by atoms with Crippen molar-refractivity contribution in [3.63, 3.8) is 0 Å². The summed E-state index contributed by atoms with van der Waals surface area (Å²) in [6.07, 6.45) is 2.50. The number of pyridine rings is 1. The summed E-state index contributed by atoms with van der Waals surface area (Å²) >= 11 is 1.45. The van der Waals surface area contributed by atoms with E-state index in [0.29, 0.717) is 10.6 Å². The highest BCUT2D eigenvalue weighted by Crippen LogP contribution is 2.24. The molecule has 18 heavy (non-hydrogen) atoms. The van der Waals surface area contributed by atoms with Crippen LogP contribution in [0.1, 0.15) is 33.1 Å². The molecular formula is C14H12N2OS. The van der Waals surface area contributed by atoms with Crippen LogP contribution >= 0.6 is 11.3 Å². The third-order valence-corrected chi connectivity index (χ3v) is 3.87. The second kappa shape index (κ2) is 5.56. The number of Topliss-reactive ketones (excluding diaryl/α,β-unsaturated/α-hetero) is 1. The van der Waals surface area contributed by atoms with E-state index >= 15 is 0 Å². The number of rotatable bonds is 4. The summed E-state index contributed by atoms with van der Waals surface area (Å²) < 4.78 is 0. The normalized spacial score (nSPS) is 11.8. The lowest BCUT2D eigenvalue weighted by molar-refractivity contribution is 0.0981. The van der Waals surface area contributed by atoms with Gasteiger partial charge in [0.1, 0.15) is 0 Å². The fourth-order valence-electron chi connectivity index (χ4n) is 1.65. The summed E-state index contributed by atoms with van der Waals surface area (Å²) in [7, 11) is 0. The summed E-state index contributed by atoms with van der Waals surface area (Å²) in [5.74, 6) is -0.976. The average molecular weight is 256 g/mol. The van der Waals surface area contributed by atoms with Crippen LogP contribution in [0.25, 0.3) is 0 Å². The number of hydrogen-bond donors (Lipinski definition) is 0. The Kier molecular flexibility index (Phi) is 3.85. The van der Waals surface area contributed by atoms with Gasteiger partial charge < -0.3 is 0 Å². The lowest BCUT2D eigenvalue weighted by Crippen LogP contribution is -2.11. The Morgan fingerprint density at radius 3 is 2.83 bits per heavy atom. The first kappa shape index (κ1) is 12.5. The molecule has 1 unspecified atom stereocenters. The van der Waals surface area contributed by atoms with Gasteiger partial charge in [0.15, 0.2) is 11.7 Å². The number of carbonyl (C=O) groups is 1. The molecular weight excluding hydrogens is 244 g/mol. The summed E-state index contributed by atoms with van der Waals surface area (Å²) in [5.41, 5.74) is 0.511. The quantitative estimate of drug-likeness (QED) is 0.789. The Balaban J connectivity index is 2.29. The lowest BCUT2D eigenvalue weighted by atomic mass is 10.00. The number of hydrogen-bond acceptors (Lipinski definition) is 4. The minimum absolute atomic E-state index is 0.166. The van der Waals surface area contributed by atoms with Crippen LogP contribution in [0.3, 0.4) is 0 Å². The van der Waals surface area contributed by atoms with Gasteiger partial charge in [-0.25, -0.2) is 0 Å². The molecule has 90 valence electrons. The van der Waals surface area contributed by atoms with Crippen molar-refractivity contribution in [1.29, 1.82) is 5.26 Å². The standard InChI is InChI=1S/C14H12N2OS/c1-2-10-6-7-13(18-10)14(17)11(9-15)12-5-3-4-8-16-12/h3-8,11H,2H2,1H3. The first-order valence-electron chi connectivity index (χ1n) is 5.69. The largest absolute Gasteiger partial charge is 0.291 e. The van der Waals surface area contributed by atoms with Gasteiger partial charge in [-0.05, 0) is 30.7 Å². The number of nitrogens with zero attached hydrogens (tertiary/aromatic N) is 2. The highest BCUT2D eigenvalue weighted by Gasteiger charge is 2.23. The lowest BCUT2D eigenvalue weighted by Gasteiger charge is -2.05. The molecule has 2 rings (SSSR count). The number of carbonyl (C=O) groups excluding carboxylic acids is 1. The van der Waals surface area contributed by atoms with Gasteiger partial charge in [-0.2, -0.15) is 5.26 Å². The third-order valence-electron chi connectivity index (χ3n) is 2.63. The molecule has 0 spiro atoms. The molecule has 0 aliphatic heterocycles. The molecule has 1 atom stereocenters. The zero-order chi connectivity index (χ0) is 13.0. The van der Waals surface area contributed by atoms with Crippen molar-refractivity contribution in [2.24, 2.45) is 0 Å². The number of ketones is 1. The van der Waals surface area contributed by atoms with Gasteiger partial charge >= 0.3 is 0 Å². The SMILES string of the molecule is CCc1ccc(C(=O)C(C#N)c2ccccn2)s1. The van der Waals surface area contributed by atoms with Gasteiger partial charge in [-0.15, -0.1) is 11.3 Å². The summed E-state index contributed by atoms with van der Waals surface area (Å²) in [6, 6.07) is 11.0. The van der Waals surface area contributed by atoms with E-state index in [0.717, 1.165) is 11.3 Å². The number of aromatic nitrogens is 1. The van der Waals surface area contributed by atoms with Crippen LogP contribution in [-0.2, 0) is 6.42 Å². The highest BCUT2D eigenvalue weighted by atomic mass is 32.1. The molecule has 0 aliphatic rings. The fraction of sp³-hybridized carbons (Fsp3) is 0.214. The summed E-state index contributed by atoms with van der Waals surface area (Å²) in [4.78, 5) is 18.1. The molecule has 3 nitrogen and oxygen atoms in total. The first-order valence-corrected chi connectivity index (χ1v) is 6.51. The Morgan fingerprint density at radius 1 is 1.44 bits per heavy atom. The van der Waals surface area contributed by atoms with E-state index < -0.39 is 5.92 Å². The molecule has 2 aromatic heterocycles. The Morgan fingerprint density at radius 2 is 2.28 bits per heavy atom. The minimum Gasteiger partial charge on any atom is -0.291 e. The van der Waals surface area contributed by atoms with Crippen molar-refractivity contribution in [3.8, 4) is 6.07 Å². The molecule has 2 aromatic rings. The van der Waals surface area contributed by atoms with Crippen molar-refractivity contribution in [2.45, 2.75) is 19.3 Å². The first-order chi connectivity index (χ1) is 8.76. The molecule has 0 saturated heterocycles. The molecule has 2 heterocycles. The minimum atomic E-state index is -0.811. The topological polar surface area (TPSA) is 53.8 Å². The predicted octanol–water partition coefficient (Wildman–Crippen LogP) is 3.20. The molecule has 0 bridgehead atoms. The van der Waals surface area contributed by atoms with E-state index in [2.05, 4.69) is 4.98 Å². The third kappa shape index (κ3) is 2.47. The van der Waals surface area contributed by atoms with Gasteiger partial charge in [-0.1, -0.05) is 13.0 Å². The smallest absolute Gasteiger partial charge is 0.195 e. The molecule has 0 radical (unpaired) electrons. The van der Waals surface area contributed by atoms with Crippen molar-refractivity contribution < 1.29 is 4.79 Å². The monoisotopic (exact) mass is 256 g/mol. The summed E-state index contributed by atoms with van der Waals surface area (Å²) in [5, 5.41) is 9.17. The van der Waals surface area contributed by atoms with Gasteiger partial charge in [0.25, 0.3) is 0 Å². The molecule has 0 saturated carbocycles. The van der Waals surface area contributed by atoms with Gasteiger partial charge in [0.2, 0.25) is 0 Å². The van der Waals surface area contributed by atoms with E-state index in [1.165, 1.54) is 11.3 Å². The maximum Gasteiger partial charge on any atom is 0.195 e. The van der Waals surface area contributed by atoms with Crippen LogP contribution in [0, 0.1) is 11.3 Å². The van der Waals surface area contributed by atoms with Crippen molar-refractivity contribution in [1.82, 2.24) is 4.98 Å². The number of nitriles is 1. The van der Waals surface area contributed by atoms with Crippen LogP contribution < -0.4 is 0 Å². The Labute approximate surface area is 110 Å². The van der Waals surface area contributed by atoms with Crippen molar-refractivity contribution in [3.05, 3.63) is 52.0 Å². The van der Waals surface area contributed by atoms with Crippen LogP contribution in [-0.4, -0.2) is 10.8 Å². The zero-order valence-electron chi connectivity index (χ0n) is 9.96. The number of aryl methyl sites for hydroxylation is 1. The molecule has 0 fully saturated rings. The predicted molar refractivity (Wildman–Crippen MR) is 70.6 cm³/mol. The van der Waals surface area contributed by atoms with Crippen molar-refractivity contribution >= 4 is 17.1 Å². The van der Waals surface area contributed by atoms with E-state index in [4.69, 9.17) is 5.26 Å². The maximum atomic E-state index is 12.3. The van der Waals surface area contributed by atoms with E-state index in [1.807, 2.05) is 19.1 Å². The van der Waals surface area contributed by atoms with Crippen molar-refractivity contribution in [2.75, 3.05) is 0 Å². The van der Waals surface area contributed by atoms with Crippen LogP contribution in [0.2, 0.25) is 0 Å². The van der Waals surface area contributed by atoms with Crippen LogP contribution in [0.4, 0.5) is 0 Å². The molecule has 0 aromatic carbocycles. The fourth-order valence-corrected chi connectivity index (χ4v) is 2.57. The molecule has 0 aliphatic carbocycles. The van der Waals surface area contributed by atoms with E-state index in [-0.39, 0.29) is 5.78 Å². The van der Waals surface area contributed by atoms with Gasteiger partial charge in [0, 0.05) is 11.1 Å². The van der Waals surface area contributed by atoms with E-state index in [1.54, 1.807) is 30.5 Å². The Hall–Kier alpha value is -1.99. The molecule has 0 N–H and O–H groups in total. The second-order valence-corrected chi connectivity index (χ2v) is 4.97. The van der Waals surface area contributed by atoms with Crippen LogP contribution in [0.15, 0.2) is 36.5 Å². The maximum absolute atomic E-state index is 12.3. The number of thiophene rings is 1. The zero-order valence-corrected chi connectivity index (χ0v) is 10.8.